The van der Waals surface area contributed by atoms with Crippen LogP contribution in [0.25, 0.3) is 5.69 Å². The van der Waals surface area contributed by atoms with E-state index < -0.39 is 12.6 Å². The van der Waals surface area contributed by atoms with Crippen molar-refractivity contribution in [1.82, 2.24) is 15.1 Å². The number of aromatic nitrogens is 2. The first-order chi connectivity index (χ1) is 12.1. The molecule has 0 unspecified atom stereocenters. The number of fused-ring (bicyclic) bond motifs is 1. The van der Waals surface area contributed by atoms with Crippen LogP contribution in [-0.2, 0) is 22.4 Å². The summed E-state index contributed by atoms with van der Waals surface area (Å²) in [7, 11) is 0. The van der Waals surface area contributed by atoms with Gasteiger partial charge in [0, 0.05) is 17.8 Å². The predicted octanol–water partition coefficient (Wildman–Crippen LogP) is 1.33. The van der Waals surface area contributed by atoms with Crippen LogP contribution in [0.1, 0.15) is 28.2 Å². The molecule has 1 heterocycles. The highest BCUT2D eigenvalue weighted by Crippen LogP contribution is 2.27. The molecule has 8 heteroatoms. The minimum absolute atomic E-state index is 0.102. The number of halogens is 1. The Labute approximate surface area is 143 Å². The second kappa shape index (κ2) is 7.43. The molecule has 1 amide bonds. The molecule has 3 rings (SSSR count). The van der Waals surface area contributed by atoms with Crippen molar-refractivity contribution in [3.05, 3.63) is 47.0 Å². The first-order valence-corrected chi connectivity index (χ1v) is 8.00. The Hall–Kier alpha value is -2.74. The van der Waals surface area contributed by atoms with Crippen LogP contribution in [0.2, 0.25) is 0 Å². The van der Waals surface area contributed by atoms with Gasteiger partial charge in [-0.3, -0.25) is 4.79 Å². The molecule has 0 atom stereocenters. The summed E-state index contributed by atoms with van der Waals surface area (Å²) >= 11 is 0. The van der Waals surface area contributed by atoms with Crippen molar-refractivity contribution in [3.8, 4) is 5.69 Å². The molecule has 25 heavy (non-hydrogen) atoms. The van der Waals surface area contributed by atoms with E-state index in [0.29, 0.717) is 11.4 Å². The van der Waals surface area contributed by atoms with Crippen molar-refractivity contribution in [2.45, 2.75) is 19.3 Å². The molecule has 1 aromatic heterocycles. The van der Waals surface area contributed by atoms with Crippen LogP contribution in [0.3, 0.4) is 0 Å². The lowest BCUT2D eigenvalue weighted by molar-refractivity contribution is -0.142. The largest absolute Gasteiger partial charge is 0.480 e. The summed E-state index contributed by atoms with van der Waals surface area (Å²) < 4.78 is 20.0. The lowest BCUT2D eigenvalue weighted by Crippen LogP contribution is -2.29. The molecule has 0 spiro atoms. The number of hydrogen-bond donors (Lipinski definition) is 2. The zero-order valence-corrected chi connectivity index (χ0v) is 13.5. The number of hydrogen-bond acceptors (Lipinski definition) is 4. The van der Waals surface area contributed by atoms with Gasteiger partial charge in [0.15, 0.2) is 5.69 Å². The molecular weight excluding hydrogens is 329 g/mol. The maximum Gasteiger partial charge on any atom is 0.329 e. The summed E-state index contributed by atoms with van der Waals surface area (Å²) in [5.74, 6) is -1.76. The molecule has 0 saturated carbocycles. The van der Waals surface area contributed by atoms with Crippen molar-refractivity contribution >= 4 is 11.9 Å². The third-order valence-corrected chi connectivity index (χ3v) is 3.96. The second-order valence-electron chi connectivity index (χ2n) is 5.72. The van der Waals surface area contributed by atoms with E-state index in [1.54, 1.807) is 16.8 Å². The van der Waals surface area contributed by atoms with Gasteiger partial charge in [0.25, 0.3) is 5.91 Å². The Kier molecular flexibility index (Phi) is 5.08. The van der Waals surface area contributed by atoms with Gasteiger partial charge in [-0.15, -0.1) is 0 Å². The minimum atomic E-state index is -1.06. The lowest BCUT2D eigenvalue weighted by Gasteiger charge is -2.06. The van der Waals surface area contributed by atoms with Gasteiger partial charge >= 0.3 is 5.97 Å². The van der Waals surface area contributed by atoms with Crippen LogP contribution in [-0.4, -0.2) is 46.5 Å². The first kappa shape index (κ1) is 17.1. The summed E-state index contributed by atoms with van der Waals surface area (Å²) in [5, 5.41) is 15.5. The molecule has 7 nitrogen and oxygen atoms in total. The Morgan fingerprint density at radius 2 is 2.20 bits per heavy atom. The van der Waals surface area contributed by atoms with Crippen LogP contribution < -0.4 is 5.32 Å². The highest BCUT2D eigenvalue weighted by Gasteiger charge is 2.26. The van der Waals surface area contributed by atoms with Crippen LogP contribution >= 0.6 is 0 Å². The number of carbonyl (C=O) groups excluding carboxylic acids is 1. The Balaban J connectivity index is 1.73. The number of benzene rings is 1. The molecule has 1 aliphatic carbocycles. The molecule has 2 N–H and O–H groups in total. The number of carboxylic acids is 1. The molecule has 0 fully saturated rings. The van der Waals surface area contributed by atoms with Gasteiger partial charge in [0.2, 0.25) is 0 Å². The minimum Gasteiger partial charge on any atom is -0.480 e. The number of amides is 1. The highest BCUT2D eigenvalue weighted by molar-refractivity contribution is 5.94. The molecule has 1 aromatic carbocycles. The third kappa shape index (κ3) is 3.85. The van der Waals surface area contributed by atoms with Crippen LogP contribution in [0.5, 0.6) is 0 Å². The van der Waals surface area contributed by atoms with Crippen molar-refractivity contribution in [2.24, 2.45) is 0 Å². The normalized spacial score (nSPS) is 12.8. The molecule has 1 aliphatic rings. The number of ether oxygens (including phenoxy) is 1. The summed E-state index contributed by atoms with van der Waals surface area (Å²) in [4.78, 5) is 22.7. The van der Waals surface area contributed by atoms with E-state index in [2.05, 4.69) is 10.4 Å². The predicted molar refractivity (Wildman–Crippen MR) is 86.3 cm³/mol. The summed E-state index contributed by atoms with van der Waals surface area (Å²) in [6.07, 6.45) is 2.46. The number of nitrogens with one attached hydrogen (secondary N) is 1. The molecule has 0 saturated heterocycles. The fraction of sp³-hybridized carbons (Fsp3) is 0.353. The molecule has 132 valence electrons. The second-order valence-corrected chi connectivity index (χ2v) is 5.72. The quantitative estimate of drug-likeness (QED) is 0.737. The third-order valence-electron chi connectivity index (χ3n) is 3.96. The number of carboxylic acid groups (broad SMARTS) is 1. The van der Waals surface area contributed by atoms with Crippen molar-refractivity contribution in [2.75, 3.05) is 19.8 Å². The van der Waals surface area contributed by atoms with E-state index in [-0.39, 0.29) is 24.9 Å². The van der Waals surface area contributed by atoms with Gasteiger partial charge in [0.05, 0.1) is 12.3 Å². The van der Waals surface area contributed by atoms with E-state index in [1.807, 2.05) is 0 Å². The molecule has 0 radical (unpaired) electrons. The maximum atomic E-state index is 13.5. The monoisotopic (exact) mass is 347 g/mol. The lowest BCUT2D eigenvalue weighted by atomic mass is 10.2. The van der Waals surface area contributed by atoms with Crippen molar-refractivity contribution in [1.29, 1.82) is 0 Å². The fourth-order valence-corrected chi connectivity index (χ4v) is 2.92. The Morgan fingerprint density at radius 3 is 2.96 bits per heavy atom. The maximum absolute atomic E-state index is 13.5. The SMILES string of the molecule is O=C(O)COCCNC(=O)c1nn(-c2cccc(F)c2)c2c1CCC2. The number of rotatable bonds is 7. The topological polar surface area (TPSA) is 93.4 Å². The molecule has 0 aliphatic heterocycles. The summed E-state index contributed by atoms with van der Waals surface area (Å²) in [6.45, 7) is -0.113. The van der Waals surface area contributed by atoms with Crippen LogP contribution in [0, 0.1) is 5.82 Å². The van der Waals surface area contributed by atoms with Crippen LogP contribution in [0.4, 0.5) is 4.39 Å². The standard InChI is InChI=1S/C17H18FN3O4/c18-11-3-1-4-12(9-11)21-14-6-2-5-13(14)16(20-21)17(24)19-7-8-25-10-15(22)23/h1,3-4,9H,2,5-8,10H2,(H,19,24)(H,22,23). The van der Waals surface area contributed by atoms with Gasteiger partial charge in [-0.2, -0.15) is 5.10 Å². The van der Waals surface area contributed by atoms with Gasteiger partial charge < -0.3 is 15.2 Å². The fourth-order valence-electron chi connectivity index (χ4n) is 2.92. The van der Waals surface area contributed by atoms with Crippen molar-refractivity contribution < 1.29 is 23.8 Å². The van der Waals surface area contributed by atoms with Gasteiger partial charge in [-0.25, -0.2) is 13.9 Å². The van der Waals surface area contributed by atoms with E-state index in [0.717, 1.165) is 30.5 Å². The van der Waals surface area contributed by atoms with Crippen molar-refractivity contribution in [3.63, 3.8) is 0 Å². The molecule has 0 bridgehead atoms. The Morgan fingerprint density at radius 1 is 1.36 bits per heavy atom. The smallest absolute Gasteiger partial charge is 0.329 e. The molecular formula is C17H18FN3O4. The van der Waals surface area contributed by atoms with Gasteiger partial charge in [-0.1, -0.05) is 6.07 Å². The Bertz CT molecular complexity index is 803. The number of carbonyl (C=O) groups is 2. The first-order valence-electron chi connectivity index (χ1n) is 8.00. The zero-order chi connectivity index (χ0) is 17.8. The van der Waals surface area contributed by atoms with Crippen LogP contribution in [0.15, 0.2) is 24.3 Å². The zero-order valence-electron chi connectivity index (χ0n) is 13.5. The van der Waals surface area contributed by atoms with Gasteiger partial charge in [-0.05, 0) is 37.5 Å². The van der Waals surface area contributed by atoms with E-state index in [1.165, 1.54) is 12.1 Å². The average molecular weight is 347 g/mol. The number of nitrogens with zero attached hydrogens (tertiary/aromatic N) is 2. The summed E-state index contributed by atoms with van der Waals surface area (Å²) in [5.41, 5.74) is 2.73. The van der Waals surface area contributed by atoms with E-state index in [4.69, 9.17) is 9.84 Å². The van der Waals surface area contributed by atoms with E-state index in [9.17, 15) is 14.0 Å². The van der Waals surface area contributed by atoms with Gasteiger partial charge in [0.1, 0.15) is 12.4 Å². The van der Waals surface area contributed by atoms with E-state index >= 15 is 0 Å². The average Bonchev–Trinajstić information content (AvgIpc) is 3.16. The number of aliphatic carboxylic acids is 1. The highest BCUT2D eigenvalue weighted by atomic mass is 19.1. The summed E-state index contributed by atoms with van der Waals surface area (Å²) in [6, 6.07) is 6.09. The molecule has 2 aromatic rings.